The number of pyridine rings is 1. The maximum absolute atomic E-state index is 6.63. The molecule has 2 nitrogen and oxygen atoms in total. The van der Waals surface area contributed by atoms with Crippen LogP contribution in [0.15, 0.2) is 83.4 Å². The van der Waals surface area contributed by atoms with Crippen LogP contribution in [0, 0.1) is 0 Å². The minimum Gasteiger partial charge on any atom is -0.455 e. The predicted octanol–water partition coefficient (Wildman–Crippen LogP) is 7.82. The van der Waals surface area contributed by atoms with Gasteiger partial charge in [-0.15, -0.1) is 0 Å². The Balaban J connectivity index is 1.79. The van der Waals surface area contributed by atoms with E-state index in [4.69, 9.17) is 4.42 Å². The quantitative estimate of drug-likeness (QED) is 0.265. The molecule has 2 aromatic heterocycles. The van der Waals surface area contributed by atoms with Crippen molar-refractivity contribution in [1.29, 1.82) is 0 Å². The molecule has 0 saturated heterocycles. The normalized spacial score (nSPS) is 11.7. The van der Waals surface area contributed by atoms with E-state index < -0.39 is 0 Å². The minimum atomic E-state index is 0.480. The standard InChI is InChI=1S/C30H30NO/c1-5-9-22-12-15-26-25-14-13-24(21-10-7-6-8-11-21)19-28(25)32-30(26)29(22)27-18-23(20(2)3)16-17-31(27)4/h6-8,10-20H,5,9H2,1-4H3/q+1. The molecule has 5 rings (SSSR count). The van der Waals surface area contributed by atoms with Gasteiger partial charge in [0, 0.05) is 22.9 Å². The molecular formula is C30H30NO+. The predicted molar refractivity (Wildman–Crippen MR) is 134 cm³/mol. The number of benzene rings is 3. The van der Waals surface area contributed by atoms with Gasteiger partial charge in [0.2, 0.25) is 5.69 Å². The van der Waals surface area contributed by atoms with Crippen LogP contribution in [0.1, 0.15) is 44.2 Å². The summed E-state index contributed by atoms with van der Waals surface area (Å²) in [5.41, 5.74) is 9.46. The first-order valence-corrected chi connectivity index (χ1v) is 11.6. The fourth-order valence-corrected chi connectivity index (χ4v) is 4.64. The Morgan fingerprint density at radius 3 is 2.38 bits per heavy atom. The van der Waals surface area contributed by atoms with Gasteiger partial charge in [-0.25, -0.2) is 4.57 Å². The average Bonchev–Trinajstić information content (AvgIpc) is 3.18. The highest BCUT2D eigenvalue weighted by atomic mass is 16.3. The van der Waals surface area contributed by atoms with Crippen LogP contribution in [0.2, 0.25) is 0 Å². The number of nitrogens with zero attached hydrogens (tertiary/aromatic N) is 1. The number of hydrogen-bond donors (Lipinski definition) is 0. The number of rotatable bonds is 5. The van der Waals surface area contributed by atoms with Gasteiger partial charge in [0.1, 0.15) is 18.2 Å². The molecule has 0 unspecified atom stereocenters. The van der Waals surface area contributed by atoms with Crippen LogP contribution in [0.4, 0.5) is 0 Å². The number of fused-ring (bicyclic) bond motifs is 3. The molecule has 2 heteroatoms. The molecule has 0 atom stereocenters. The van der Waals surface area contributed by atoms with Crippen LogP contribution >= 0.6 is 0 Å². The van der Waals surface area contributed by atoms with Gasteiger partial charge in [0.25, 0.3) is 0 Å². The lowest BCUT2D eigenvalue weighted by molar-refractivity contribution is -0.660. The van der Waals surface area contributed by atoms with Crippen LogP contribution < -0.4 is 4.57 Å². The maximum Gasteiger partial charge on any atom is 0.216 e. The van der Waals surface area contributed by atoms with Crippen molar-refractivity contribution in [2.45, 2.75) is 39.5 Å². The van der Waals surface area contributed by atoms with E-state index in [-0.39, 0.29) is 0 Å². The van der Waals surface area contributed by atoms with E-state index in [9.17, 15) is 0 Å². The SMILES string of the molecule is CCCc1ccc2c(oc3cc(-c4ccccc4)ccc32)c1-c1cc(C(C)C)cc[n+]1C. The third-order valence-electron chi connectivity index (χ3n) is 6.45. The van der Waals surface area contributed by atoms with E-state index in [1.165, 1.54) is 44.3 Å². The molecule has 0 bridgehead atoms. The second-order valence-corrected chi connectivity index (χ2v) is 9.02. The molecule has 0 N–H and O–H groups in total. The Labute approximate surface area is 190 Å². The van der Waals surface area contributed by atoms with E-state index in [0.717, 1.165) is 24.0 Å². The van der Waals surface area contributed by atoms with E-state index in [2.05, 4.69) is 111 Å². The first-order valence-electron chi connectivity index (χ1n) is 11.6. The summed E-state index contributed by atoms with van der Waals surface area (Å²) in [5.74, 6) is 0.480. The monoisotopic (exact) mass is 420 g/mol. The zero-order valence-electron chi connectivity index (χ0n) is 19.4. The number of aromatic nitrogens is 1. The molecule has 0 aliphatic rings. The van der Waals surface area contributed by atoms with Crippen molar-refractivity contribution in [3.05, 3.63) is 90.1 Å². The van der Waals surface area contributed by atoms with Crippen molar-refractivity contribution in [2.24, 2.45) is 7.05 Å². The van der Waals surface area contributed by atoms with Crippen LogP contribution in [0.5, 0.6) is 0 Å². The summed E-state index contributed by atoms with van der Waals surface area (Å²) in [6, 6.07) is 26.2. The second kappa shape index (κ2) is 8.27. The van der Waals surface area contributed by atoms with Gasteiger partial charge >= 0.3 is 0 Å². The van der Waals surface area contributed by atoms with Crippen molar-refractivity contribution in [1.82, 2.24) is 0 Å². The van der Waals surface area contributed by atoms with Crippen molar-refractivity contribution in [2.75, 3.05) is 0 Å². The summed E-state index contributed by atoms with van der Waals surface area (Å²) in [4.78, 5) is 0. The Bertz CT molecular complexity index is 1410. The summed E-state index contributed by atoms with van der Waals surface area (Å²) >= 11 is 0. The smallest absolute Gasteiger partial charge is 0.216 e. The van der Waals surface area contributed by atoms with Crippen LogP contribution in [-0.2, 0) is 13.5 Å². The molecule has 0 spiro atoms. The molecule has 5 aromatic rings. The zero-order valence-corrected chi connectivity index (χ0v) is 19.4. The Kier molecular flexibility index (Phi) is 5.30. The lowest BCUT2D eigenvalue weighted by Crippen LogP contribution is -2.31. The lowest BCUT2D eigenvalue weighted by Gasteiger charge is -2.11. The van der Waals surface area contributed by atoms with Crippen LogP contribution in [0.3, 0.4) is 0 Å². The van der Waals surface area contributed by atoms with Gasteiger partial charge in [-0.05, 0) is 46.7 Å². The highest BCUT2D eigenvalue weighted by molar-refractivity contribution is 6.10. The second-order valence-electron chi connectivity index (χ2n) is 9.02. The molecular weight excluding hydrogens is 390 g/mol. The van der Waals surface area contributed by atoms with Crippen LogP contribution in [0.25, 0.3) is 44.3 Å². The van der Waals surface area contributed by atoms with Gasteiger partial charge in [0.15, 0.2) is 6.20 Å². The Morgan fingerprint density at radius 2 is 1.62 bits per heavy atom. The van der Waals surface area contributed by atoms with Gasteiger partial charge in [-0.2, -0.15) is 0 Å². The maximum atomic E-state index is 6.63. The molecule has 0 saturated carbocycles. The molecule has 0 fully saturated rings. The molecule has 0 amide bonds. The topological polar surface area (TPSA) is 17.0 Å². The van der Waals surface area contributed by atoms with Gasteiger partial charge < -0.3 is 4.42 Å². The third-order valence-corrected chi connectivity index (χ3v) is 6.45. The van der Waals surface area contributed by atoms with E-state index in [1.54, 1.807) is 0 Å². The summed E-state index contributed by atoms with van der Waals surface area (Å²) in [5, 5.41) is 2.36. The van der Waals surface area contributed by atoms with Crippen molar-refractivity contribution in [3.63, 3.8) is 0 Å². The molecule has 3 aromatic carbocycles. The van der Waals surface area contributed by atoms with Gasteiger partial charge in [0.05, 0.1) is 5.56 Å². The fourth-order valence-electron chi connectivity index (χ4n) is 4.64. The molecule has 0 radical (unpaired) electrons. The molecule has 160 valence electrons. The average molecular weight is 421 g/mol. The van der Waals surface area contributed by atoms with Crippen molar-refractivity contribution < 1.29 is 8.98 Å². The Hall–Kier alpha value is -3.39. The molecule has 32 heavy (non-hydrogen) atoms. The van der Waals surface area contributed by atoms with Crippen molar-refractivity contribution >= 4 is 21.9 Å². The first kappa shape index (κ1) is 20.5. The Morgan fingerprint density at radius 1 is 0.844 bits per heavy atom. The molecule has 0 aliphatic carbocycles. The summed E-state index contributed by atoms with van der Waals surface area (Å²) in [6.07, 6.45) is 4.31. The fraction of sp³-hybridized carbons (Fsp3) is 0.233. The zero-order chi connectivity index (χ0) is 22.2. The highest BCUT2D eigenvalue weighted by Crippen LogP contribution is 2.39. The van der Waals surface area contributed by atoms with E-state index in [0.29, 0.717) is 5.92 Å². The van der Waals surface area contributed by atoms with E-state index in [1.807, 2.05) is 0 Å². The number of hydrogen-bond acceptors (Lipinski definition) is 1. The lowest BCUT2D eigenvalue weighted by atomic mass is 9.94. The van der Waals surface area contributed by atoms with Crippen molar-refractivity contribution in [3.8, 4) is 22.4 Å². The summed E-state index contributed by atoms with van der Waals surface area (Å²) < 4.78 is 8.85. The highest BCUT2D eigenvalue weighted by Gasteiger charge is 2.23. The summed E-state index contributed by atoms with van der Waals surface area (Å²) in [7, 11) is 2.13. The third kappa shape index (κ3) is 3.50. The van der Waals surface area contributed by atoms with Crippen LogP contribution in [-0.4, -0.2) is 0 Å². The number of furan rings is 1. The van der Waals surface area contributed by atoms with Gasteiger partial charge in [-0.1, -0.05) is 75.7 Å². The molecule has 2 heterocycles. The van der Waals surface area contributed by atoms with Gasteiger partial charge in [-0.3, -0.25) is 0 Å². The minimum absolute atomic E-state index is 0.480. The number of aryl methyl sites for hydroxylation is 2. The first-order chi connectivity index (χ1) is 15.6. The molecule has 0 aliphatic heterocycles. The largest absolute Gasteiger partial charge is 0.455 e. The summed E-state index contributed by atoms with van der Waals surface area (Å²) in [6.45, 7) is 6.74. The van der Waals surface area contributed by atoms with E-state index >= 15 is 0 Å².